The van der Waals surface area contributed by atoms with Crippen LogP contribution in [0, 0.1) is 23.1 Å². The van der Waals surface area contributed by atoms with Crippen molar-refractivity contribution in [2.75, 3.05) is 19.0 Å². The van der Waals surface area contributed by atoms with Crippen molar-refractivity contribution >= 4 is 5.69 Å². The van der Waals surface area contributed by atoms with E-state index in [9.17, 15) is 4.39 Å². The summed E-state index contributed by atoms with van der Waals surface area (Å²) in [4.78, 5) is 0. The van der Waals surface area contributed by atoms with Gasteiger partial charge in [-0.2, -0.15) is 5.26 Å². The lowest BCUT2D eigenvalue weighted by Gasteiger charge is -2.23. The number of nitrogens with one attached hydrogen (secondary N) is 1. The lowest BCUT2D eigenvalue weighted by Crippen LogP contribution is -2.30. The van der Waals surface area contributed by atoms with E-state index in [1.807, 2.05) is 19.9 Å². The number of methoxy groups -OCH3 is 1. The van der Waals surface area contributed by atoms with Crippen molar-refractivity contribution in [3.8, 4) is 6.07 Å². The van der Waals surface area contributed by atoms with Gasteiger partial charge in [-0.05, 0) is 24.1 Å². The predicted octanol–water partition coefficient (Wildman–Crippen LogP) is 2.78. The number of hydrogen-bond donors (Lipinski definition) is 1. The number of anilines is 1. The number of ether oxygens (including phenoxy) is 1. The zero-order chi connectivity index (χ0) is 12.8. The number of nitrogens with zero attached hydrogens (tertiary/aromatic N) is 1. The molecule has 0 aliphatic heterocycles. The van der Waals surface area contributed by atoms with Gasteiger partial charge < -0.3 is 10.1 Å². The predicted molar refractivity (Wildman–Crippen MR) is 65.2 cm³/mol. The SMILES string of the molecule is COCC(Nc1ccc(C#N)cc1F)C(C)C. The lowest BCUT2D eigenvalue weighted by molar-refractivity contribution is 0.171. The Morgan fingerprint density at radius 3 is 2.65 bits per heavy atom. The molecule has 1 atom stereocenters. The van der Waals surface area contributed by atoms with Gasteiger partial charge in [-0.25, -0.2) is 4.39 Å². The zero-order valence-electron chi connectivity index (χ0n) is 10.3. The zero-order valence-corrected chi connectivity index (χ0v) is 10.3. The quantitative estimate of drug-likeness (QED) is 0.855. The van der Waals surface area contributed by atoms with Crippen LogP contribution in [0.5, 0.6) is 0 Å². The van der Waals surface area contributed by atoms with Gasteiger partial charge in [0, 0.05) is 7.11 Å². The molecule has 0 saturated heterocycles. The molecule has 17 heavy (non-hydrogen) atoms. The van der Waals surface area contributed by atoms with Crippen molar-refractivity contribution < 1.29 is 9.13 Å². The standard InChI is InChI=1S/C13H17FN2O/c1-9(2)13(8-17-3)16-12-5-4-10(7-15)6-11(12)14/h4-6,9,13,16H,8H2,1-3H3. The molecular weight excluding hydrogens is 219 g/mol. The lowest BCUT2D eigenvalue weighted by atomic mass is 10.0. The number of halogens is 1. The summed E-state index contributed by atoms with van der Waals surface area (Å²) in [6, 6.07) is 6.35. The highest BCUT2D eigenvalue weighted by atomic mass is 19.1. The summed E-state index contributed by atoms with van der Waals surface area (Å²) in [5, 5.41) is 11.7. The second kappa shape index (κ2) is 6.21. The summed E-state index contributed by atoms with van der Waals surface area (Å²) < 4.78 is 18.7. The monoisotopic (exact) mass is 236 g/mol. The Balaban J connectivity index is 2.83. The van der Waals surface area contributed by atoms with Crippen molar-refractivity contribution in [3.63, 3.8) is 0 Å². The van der Waals surface area contributed by atoms with Gasteiger partial charge in [0.1, 0.15) is 5.82 Å². The first-order valence-electron chi connectivity index (χ1n) is 5.53. The first-order valence-corrected chi connectivity index (χ1v) is 5.53. The van der Waals surface area contributed by atoms with E-state index in [1.165, 1.54) is 6.07 Å². The molecule has 1 N–H and O–H groups in total. The first kappa shape index (κ1) is 13.5. The number of benzene rings is 1. The maximum atomic E-state index is 13.6. The maximum absolute atomic E-state index is 13.6. The van der Waals surface area contributed by atoms with Gasteiger partial charge in [-0.3, -0.25) is 0 Å². The fourth-order valence-corrected chi connectivity index (χ4v) is 1.48. The van der Waals surface area contributed by atoms with Crippen molar-refractivity contribution in [2.24, 2.45) is 5.92 Å². The fraction of sp³-hybridized carbons (Fsp3) is 0.462. The van der Waals surface area contributed by atoms with Gasteiger partial charge in [0.15, 0.2) is 0 Å². The van der Waals surface area contributed by atoms with E-state index in [4.69, 9.17) is 10.00 Å². The molecule has 0 spiro atoms. The molecule has 0 aliphatic carbocycles. The molecule has 0 bridgehead atoms. The topological polar surface area (TPSA) is 45.0 Å². The maximum Gasteiger partial charge on any atom is 0.147 e. The summed E-state index contributed by atoms with van der Waals surface area (Å²) in [7, 11) is 1.62. The van der Waals surface area contributed by atoms with Gasteiger partial charge in [-0.15, -0.1) is 0 Å². The van der Waals surface area contributed by atoms with Crippen LogP contribution >= 0.6 is 0 Å². The third-order valence-electron chi connectivity index (χ3n) is 2.59. The second-order valence-corrected chi connectivity index (χ2v) is 4.26. The van der Waals surface area contributed by atoms with E-state index in [0.29, 0.717) is 23.8 Å². The van der Waals surface area contributed by atoms with Gasteiger partial charge in [0.25, 0.3) is 0 Å². The van der Waals surface area contributed by atoms with E-state index in [-0.39, 0.29) is 6.04 Å². The van der Waals surface area contributed by atoms with Gasteiger partial charge in [0.05, 0.1) is 30.0 Å². The van der Waals surface area contributed by atoms with Crippen molar-refractivity contribution in [1.82, 2.24) is 0 Å². The molecular formula is C13H17FN2O. The highest BCUT2D eigenvalue weighted by Crippen LogP contribution is 2.18. The molecule has 3 nitrogen and oxygen atoms in total. The highest BCUT2D eigenvalue weighted by Gasteiger charge is 2.14. The van der Waals surface area contributed by atoms with Crippen molar-refractivity contribution in [2.45, 2.75) is 19.9 Å². The Hall–Kier alpha value is -1.60. The van der Waals surface area contributed by atoms with Crippen LogP contribution in [0.15, 0.2) is 18.2 Å². The Morgan fingerprint density at radius 2 is 2.18 bits per heavy atom. The molecule has 4 heteroatoms. The van der Waals surface area contributed by atoms with E-state index in [1.54, 1.807) is 19.2 Å². The Kier molecular flexibility index (Phi) is 4.92. The first-order chi connectivity index (χ1) is 8.08. The Labute approximate surface area is 101 Å². The molecule has 1 rings (SSSR count). The van der Waals surface area contributed by atoms with Gasteiger partial charge in [0.2, 0.25) is 0 Å². The van der Waals surface area contributed by atoms with E-state index >= 15 is 0 Å². The molecule has 0 amide bonds. The molecule has 0 fully saturated rings. The van der Waals surface area contributed by atoms with Crippen LogP contribution in [0.4, 0.5) is 10.1 Å². The van der Waals surface area contributed by atoms with E-state index in [2.05, 4.69) is 5.32 Å². The normalized spacial score (nSPS) is 12.2. The average Bonchev–Trinajstić information content (AvgIpc) is 2.30. The summed E-state index contributed by atoms with van der Waals surface area (Å²) >= 11 is 0. The Morgan fingerprint density at radius 1 is 1.47 bits per heavy atom. The van der Waals surface area contributed by atoms with E-state index < -0.39 is 5.82 Å². The molecule has 0 saturated carbocycles. The highest BCUT2D eigenvalue weighted by molar-refractivity contribution is 5.49. The summed E-state index contributed by atoms with van der Waals surface area (Å²) in [6.07, 6.45) is 0. The molecule has 0 aliphatic rings. The molecule has 92 valence electrons. The Bertz CT molecular complexity index is 412. The number of rotatable bonds is 5. The molecule has 1 aromatic rings. The van der Waals surface area contributed by atoms with Crippen LogP contribution in [-0.2, 0) is 4.74 Å². The molecule has 1 unspecified atom stereocenters. The van der Waals surface area contributed by atoms with Crippen LogP contribution < -0.4 is 5.32 Å². The minimum absolute atomic E-state index is 0.0439. The van der Waals surface area contributed by atoms with E-state index in [0.717, 1.165) is 0 Å². The summed E-state index contributed by atoms with van der Waals surface area (Å²) in [6.45, 7) is 4.59. The fourth-order valence-electron chi connectivity index (χ4n) is 1.48. The third kappa shape index (κ3) is 3.72. The van der Waals surface area contributed by atoms with Crippen LogP contribution in [0.25, 0.3) is 0 Å². The summed E-state index contributed by atoms with van der Waals surface area (Å²) in [5.41, 5.74) is 0.723. The van der Waals surface area contributed by atoms with Gasteiger partial charge in [-0.1, -0.05) is 13.8 Å². The van der Waals surface area contributed by atoms with Crippen LogP contribution in [-0.4, -0.2) is 19.8 Å². The minimum atomic E-state index is -0.411. The number of nitriles is 1. The molecule has 0 radical (unpaired) electrons. The average molecular weight is 236 g/mol. The molecule has 0 heterocycles. The van der Waals surface area contributed by atoms with Crippen LogP contribution in [0.3, 0.4) is 0 Å². The largest absolute Gasteiger partial charge is 0.383 e. The molecule has 0 aromatic heterocycles. The van der Waals surface area contributed by atoms with Crippen molar-refractivity contribution in [3.05, 3.63) is 29.6 Å². The minimum Gasteiger partial charge on any atom is -0.383 e. The smallest absolute Gasteiger partial charge is 0.147 e. The second-order valence-electron chi connectivity index (χ2n) is 4.26. The van der Waals surface area contributed by atoms with Gasteiger partial charge >= 0.3 is 0 Å². The molecule has 1 aromatic carbocycles. The van der Waals surface area contributed by atoms with Crippen LogP contribution in [0.1, 0.15) is 19.4 Å². The third-order valence-corrected chi connectivity index (χ3v) is 2.59. The van der Waals surface area contributed by atoms with Crippen LogP contribution in [0.2, 0.25) is 0 Å². The summed E-state index contributed by atoms with van der Waals surface area (Å²) in [5.74, 6) is -0.0872. The number of hydrogen-bond acceptors (Lipinski definition) is 3. The van der Waals surface area contributed by atoms with Crippen molar-refractivity contribution in [1.29, 1.82) is 5.26 Å².